The molecule has 0 unspecified atom stereocenters. The highest BCUT2D eigenvalue weighted by Gasteiger charge is 2.29. The first-order chi connectivity index (χ1) is 12.8. The predicted octanol–water partition coefficient (Wildman–Crippen LogP) is 3.84. The van der Waals surface area contributed by atoms with Gasteiger partial charge >= 0.3 is 0 Å². The standard InChI is InChI=1S/C21H9N5/c22-9-13-5-7-14(8-6-13)18-12-25-21-19(15(10-23)11-24)16-3-1-2-4-17(16)20(21)26-18/h1-8,12H. The van der Waals surface area contributed by atoms with Gasteiger partial charge < -0.3 is 0 Å². The molecule has 0 aliphatic heterocycles. The van der Waals surface area contributed by atoms with Crippen LogP contribution in [0.2, 0.25) is 0 Å². The quantitative estimate of drug-likeness (QED) is 0.493. The average molecular weight is 331 g/mol. The Morgan fingerprint density at radius 1 is 0.808 bits per heavy atom. The van der Waals surface area contributed by atoms with Gasteiger partial charge in [0.05, 0.1) is 34.9 Å². The summed E-state index contributed by atoms with van der Waals surface area (Å²) in [5, 5.41) is 27.6. The van der Waals surface area contributed by atoms with Gasteiger partial charge in [0.25, 0.3) is 0 Å². The third-order valence-corrected chi connectivity index (χ3v) is 4.24. The highest BCUT2D eigenvalue weighted by atomic mass is 14.8. The normalized spacial score (nSPS) is 10.9. The lowest BCUT2D eigenvalue weighted by Crippen LogP contribution is -1.94. The molecule has 5 nitrogen and oxygen atoms in total. The van der Waals surface area contributed by atoms with Gasteiger partial charge in [-0.1, -0.05) is 36.4 Å². The van der Waals surface area contributed by atoms with E-state index in [9.17, 15) is 10.5 Å². The molecule has 0 fully saturated rings. The Hall–Kier alpha value is -4.27. The monoisotopic (exact) mass is 331 g/mol. The summed E-state index contributed by atoms with van der Waals surface area (Å²) in [5.74, 6) is 0. The van der Waals surface area contributed by atoms with Gasteiger partial charge in [0.2, 0.25) is 0 Å². The van der Waals surface area contributed by atoms with Crippen LogP contribution in [0.1, 0.15) is 16.8 Å². The van der Waals surface area contributed by atoms with Crippen molar-refractivity contribution in [3.63, 3.8) is 0 Å². The smallest absolute Gasteiger partial charge is 0.139 e. The Morgan fingerprint density at radius 2 is 1.50 bits per heavy atom. The van der Waals surface area contributed by atoms with E-state index in [1.54, 1.807) is 18.3 Å². The van der Waals surface area contributed by atoms with Crippen molar-refractivity contribution in [2.75, 3.05) is 0 Å². The number of nitriles is 3. The van der Waals surface area contributed by atoms with Gasteiger partial charge in [0.1, 0.15) is 17.7 Å². The molecule has 0 N–H and O–H groups in total. The van der Waals surface area contributed by atoms with Crippen LogP contribution in [0.15, 0.2) is 60.3 Å². The third-order valence-electron chi connectivity index (χ3n) is 4.24. The lowest BCUT2D eigenvalue weighted by molar-refractivity contribution is 1.19. The van der Waals surface area contributed by atoms with Crippen molar-refractivity contribution in [1.82, 2.24) is 9.97 Å². The van der Waals surface area contributed by atoms with Crippen LogP contribution in [0.25, 0.3) is 28.1 Å². The summed E-state index contributed by atoms with van der Waals surface area (Å²) in [6, 6.07) is 20.6. The topological polar surface area (TPSA) is 97.1 Å². The van der Waals surface area contributed by atoms with Gasteiger partial charge in [-0.2, -0.15) is 15.8 Å². The highest BCUT2D eigenvalue weighted by molar-refractivity contribution is 6.01. The van der Waals surface area contributed by atoms with Crippen LogP contribution in [-0.4, -0.2) is 9.97 Å². The fourth-order valence-corrected chi connectivity index (χ4v) is 3.04. The second-order valence-corrected chi connectivity index (χ2v) is 5.66. The van der Waals surface area contributed by atoms with Crippen LogP contribution < -0.4 is 0 Å². The van der Waals surface area contributed by atoms with Gasteiger partial charge in [-0.3, -0.25) is 4.98 Å². The molecule has 1 aromatic heterocycles. The fourth-order valence-electron chi connectivity index (χ4n) is 3.04. The maximum absolute atomic E-state index is 9.31. The van der Waals surface area contributed by atoms with Crippen LogP contribution >= 0.6 is 0 Å². The van der Waals surface area contributed by atoms with Crippen LogP contribution in [-0.2, 0) is 0 Å². The van der Waals surface area contributed by atoms with Gasteiger partial charge in [0.15, 0.2) is 0 Å². The summed E-state index contributed by atoms with van der Waals surface area (Å²) >= 11 is 0. The van der Waals surface area contributed by atoms with Crippen LogP contribution in [0.3, 0.4) is 0 Å². The van der Waals surface area contributed by atoms with E-state index in [0.717, 1.165) is 16.7 Å². The molecule has 1 heterocycles. The van der Waals surface area contributed by atoms with Crippen molar-refractivity contribution in [3.8, 4) is 40.7 Å². The molecule has 5 heteroatoms. The number of fused-ring (bicyclic) bond motifs is 3. The van der Waals surface area contributed by atoms with Crippen LogP contribution in [0.5, 0.6) is 0 Å². The van der Waals surface area contributed by atoms with Gasteiger partial charge in [-0.25, -0.2) is 4.98 Å². The number of allylic oxidation sites excluding steroid dienone is 1. The summed E-state index contributed by atoms with van der Waals surface area (Å²) in [7, 11) is 0. The predicted molar refractivity (Wildman–Crippen MR) is 94.9 cm³/mol. The van der Waals surface area contributed by atoms with E-state index < -0.39 is 0 Å². The van der Waals surface area contributed by atoms with E-state index >= 15 is 0 Å². The van der Waals surface area contributed by atoms with Crippen LogP contribution in [0.4, 0.5) is 0 Å². The Balaban J connectivity index is 1.95. The van der Waals surface area contributed by atoms with Crippen molar-refractivity contribution in [2.45, 2.75) is 0 Å². The Morgan fingerprint density at radius 3 is 2.15 bits per heavy atom. The second kappa shape index (κ2) is 5.98. The molecule has 0 saturated carbocycles. The molecular formula is C21H9N5. The molecule has 0 radical (unpaired) electrons. The van der Waals surface area contributed by atoms with E-state index in [4.69, 9.17) is 10.2 Å². The van der Waals surface area contributed by atoms with Crippen molar-refractivity contribution in [3.05, 3.63) is 77.1 Å². The molecule has 0 atom stereocenters. The minimum absolute atomic E-state index is 0.0247. The first-order valence-electron chi connectivity index (χ1n) is 7.79. The van der Waals surface area contributed by atoms with E-state index in [-0.39, 0.29) is 5.57 Å². The van der Waals surface area contributed by atoms with E-state index in [0.29, 0.717) is 28.2 Å². The molecule has 0 amide bonds. The Bertz CT molecular complexity index is 1180. The summed E-state index contributed by atoms with van der Waals surface area (Å²) in [6.45, 7) is 0. The van der Waals surface area contributed by atoms with Crippen LogP contribution in [0, 0.1) is 34.0 Å². The molecule has 0 bridgehead atoms. The molecule has 1 aliphatic rings. The first kappa shape index (κ1) is 15.3. The molecule has 0 saturated heterocycles. The Labute approximate surface area is 149 Å². The number of hydrogen-bond donors (Lipinski definition) is 0. The summed E-state index contributed by atoms with van der Waals surface area (Å²) in [6.07, 6.45) is 1.62. The molecule has 3 aromatic rings. The van der Waals surface area contributed by atoms with Crippen molar-refractivity contribution < 1.29 is 0 Å². The van der Waals surface area contributed by atoms with Crippen molar-refractivity contribution >= 4 is 5.57 Å². The molecule has 4 rings (SSSR count). The minimum atomic E-state index is 0.0247. The lowest BCUT2D eigenvalue weighted by Gasteiger charge is -2.05. The minimum Gasteiger partial charge on any atom is -0.252 e. The molecule has 26 heavy (non-hydrogen) atoms. The number of hydrogen-bond acceptors (Lipinski definition) is 5. The molecule has 2 aromatic carbocycles. The Kier molecular flexibility index (Phi) is 3.51. The fraction of sp³-hybridized carbons (Fsp3) is 0. The largest absolute Gasteiger partial charge is 0.252 e. The highest BCUT2D eigenvalue weighted by Crippen LogP contribution is 2.43. The van der Waals surface area contributed by atoms with E-state index in [1.165, 1.54) is 0 Å². The number of aromatic nitrogens is 2. The SMILES string of the molecule is N#CC(C#N)=C1c2ccccc2-c2nc(-c3ccc(C#N)cc3)cnc21. The summed E-state index contributed by atoms with van der Waals surface area (Å²) < 4.78 is 0. The zero-order valence-electron chi connectivity index (χ0n) is 13.4. The zero-order valence-corrected chi connectivity index (χ0v) is 13.4. The van der Waals surface area contributed by atoms with Gasteiger partial charge in [0, 0.05) is 16.7 Å². The maximum atomic E-state index is 9.31. The number of rotatable bonds is 1. The average Bonchev–Trinajstić information content (AvgIpc) is 3.03. The number of benzene rings is 2. The van der Waals surface area contributed by atoms with E-state index in [2.05, 4.69) is 11.1 Å². The van der Waals surface area contributed by atoms with Crippen molar-refractivity contribution in [1.29, 1.82) is 15.8 Å². The second-order valence-electron chi connectivity index (χ2n) is 5.66. The molecule has 0 spiro atoms. The van der Waals surface area contributed by atoms with Gasteiger partial charge in [-0.15, -0.1) is 0 Å². The lowest BCUT2D eigenvalue weighted by atomic mass is 10.0. The maximum Gasteiger partial charge on any atom is 0.139 e. The molecule has 1 aliphatic carbocycles. The molecular weight excluding hydrogens is 322 g/mol. The summed E-state index contributed by atoms with van der Waals surface area (Å²) in [4.78, 5) is 9.23. The molecule has 118 valence electrons. The number of nitrogens with zero attached hydrogens (tertiary/aromatic N) is 5. The van der Waals surface area contributed by atoms with Gasteiger partial charge in [-0.05, 0) is 17.7 Å². The zero-order chi connectivity index (χ0) is 18.1. The van der Waals surface area contributed by atoms with Crippen molar-refractivity contribution in [2.24, 2.45) is 0 Å². The first-order valence-corrected chi connectivity index (χ1v) is 7.79. The third kappa shape index (κ3) is 2.23. The van der Waals surface area contributed by atoms with E-state index in [1.807, 2.05) is 48.5 Å². The summed E-state index contributed by atoms with van der Waals surface area (Å²) in [5.41, 5.74) is 5.47.